The third kappa shape index (κ3) is 4.49. The maximum absolute atomic E-state index is 13.0. The van der Waals surface area contributed by atoms with Crippen molar-refractivity contribution in [3.8, 4) is 11.5 Å². The van der Waals surface area contributed by atoms with E-state index in [1.54, 1.807) is 24.3 Å². The van der Waals surface area contributed by atoms with Crippen molar-refractivity contribution in [2.75, 3.05) is 12.0 Å². The maximum Gasteiger partial charge on any atom is 0.335 e. The molecule has 0 aliphatic carbocycles. The van der Waals surface area contributed by atoms with Gasteiger partial charge < -0.3 is 9.47 Å². The van der Waals surface area contributed by atoms with E-state index in [1.807, 2.05) is 13.8 Å². The average molecular weight is 494 g/mol. The number of hydrogen-bond acceptors (Lipinski definition) is 5. The second-order valence-electron chi connectivity index (χ2n) is 6.63. The van der Waals surface area contributed by atoms with E-state index in [4.69, 9.17) is 21.1 Å². The molecule has 156 valence electrons. The highest BCUT2D eigenvalue weighted by Crippen LogP contribution is 2.38. The molecule has 1 saturated heterocycles. The Bertz CT molecular complexity index is 1050. The minimum absolute atomic E-state index is 0.0796. The quantitative estimate of drug-likeness (QED) is 0.487. The molecule has 1 aliphatic rings. The smallest absolute Gasteiger partial charge is 0.335 e. The van der Waals surface area contributed by atoms with Crippen molar-refractivity contribution in [3.05, 3.63) is 57.0 Å². The van der Waals surface area contributed by atoms with Gasteiger partial charge in [0.15, 0.2) is 11.5 Å². The number of urea groups is 1. The Kier molecular flexibility index (Phi) is 6.48. The number of nitrogens with zero attached hydrogens (tertiary/aromatic N) is 1. The summed E-state index contributed by atoms with van der Waals surface area (Å²) in [4.78, 5) is 38.5. The number of halogens is 2. The van der Waals surface area contributed by atoms with Crippen LogP contribution in [0.1, 0.15) is 19.4 Å². The van der Waals surface area contributed by atoms with Gasteiger partial charge in [-0.15, -0.1) is 0 Å². The molecule has 30 heavy (non-hydrogen) atoms. The molecular formula is C21H18BrClN2O5. The summed E-state index contributed by atoms with van der Waals surface area (Å²) in [6.07, 6.45) is 1.31. The second kappa shape index (κ2) is 8.89. The Morgan fingerprint density at radius 3 is 2.40 bits per heavy atom. The Labute approximate surface area is 186 Å². The minimum atomic E-state index is -0.830. The maximum atomic E-state index is 13.0. The van der Waals surface area contributed by atoms with Gasteiger partial charge in [-0.2, -0.15) is 0 Å². The summed E-state index contributed by atoms with van der Waals surface area (Å²) >= 11 is 9.30. The predicted octanol–water partition coefficient (Wildman–Crippen LogP) is 4.56. The molecule has 0 saturated carbocycles. The van der Waals surface area contributed by atoms with Crippen LogP contribution < -0.4 is 19.7 Å². The molecule has 0 spiro atoms. The lowest BCUT2D eigenvalue weighted by Gasteiger charge is -2.26. The highest BCUT2D eigenvalue weighted by molar-refractivity contribution is 9.10. The average Bonchev–Trinajstić information content (AvgIpc) is 2.68. The second-order valence-corrected chi connectivity index (χ2v) is 7.93. The van der Waals surface area contributed by atoms with Crippen molar-refractivity contribution < 1.29 is 23.9 Å². The standard InChI is InChI=1S/C21H18BrClN2O5/c1-11(2)30-18-16(22)9-12(10-17(18)29-3)8-15-19(26)24-21(28)25(20(15)27)14-6-4-13(23)5-7-14/h4-11H,1-3H3,(H,24,26,28)/b15-8+. The first-order valence-corrected chi connectivity index (χ1v) is 10.1. The van der Waals surface area contributed by atoms with Gasteiger partial charge in [-0.3, -0.25) is 14.9 Å². The number of benzene rings is 2. The lowest BCUT2D eigenvalue weighted by Crippen LogP contribution is -2.54. The van der Waals surface area contributed by atoms with Crippen LogP contribution in [0, 0.1) is 0 Å². The van der Waals surface area contributed by atoms with Gasteiger partial charge >= 0.3 is 6.03 Å². The fraction of sp³-hybridized carbons (Fsp3) is 0.190. The molecule has 0 atom stereocenters. The molecule has 9 heteroatoms. The van der Waals surface area contributed by atoms with Crippen LogP contribution in [-0.4, -0.2) is 31.1 Å². The van der Waals surface area contributed by atoms with Crippen molar-refractivity contribution in [3.63, 3.8) is 0 Å². The first-order valence-electron chi connectivity index (χ1n) is 8.92. The van der Waals surface area contributed by atoms with Gasteiger partial charge in [-0.05, 0) is 77.8 Å². The lowest BCUT2D eigenvalue weighted by molar-refractivity contribution is -0.122. The molecule has 7 nitrogen and oxygen atoms in total. The highest BCUT2D eigenvalue weighted by Gasteiger charge is 2.36. The van der Waals surface area contributed by atoms with Crippen molar-refractivity contribution in [1.82, 2.24) is 5.32 Å². The van der Waals surface area contributed by atoms with Crippen LogP contribution in [0.2, 0.25) is 5.02 Å². The Morgan fingerprint density at radius 1 is 1.13 bits per heavy atom. The highest BCUT2D eigenvalue weighted by atomic mass is 79.9. The molecule has 4 amide bonds. The number of ether oxygens (including phenoxy) is 2. The zero-order valence-electron chi connectivity index (χ0n) is 16.4. The van der Waals surface area contributed by atoms with Crippen molar-refractivity contribution in [2.45, 2.75) is 20.0 Å². The van der Waals surface area contributed by atoms with Gasteiger partial charge in [-0.1, -0.05) is 11.6 Å². The van der Waals surface area contributed by atoms with Crippen LogP contribution in [0.25, 0.3) is 6.08 Å². The normalized spacial score (nSPS) is 15.6. The zero-order valence-corrected chi connectivity index (χ0v) is 18.7. The molecule has 1 N–H and O–H groups in total. The van der Waals surface area contributed by atoms with Crippen LogP contribution in [0.4, 0.5) is 10.5 Å². The van der Waals surface area contributed by atoms with Gasteiger partial charge in [0.05, 0.1) is 23.4 Å². The summed E-state index contributed by atoms with van der Waals surface area (Å²) in [6, 6.07) is 8.63. The molecule has 0 radical (unpaired) electrons. The monoisotopic (exact) mass is 492 g/mol. The van der Waals surface area contributed by atoms with Gasteiger partial charge in [0.25, 0.3) is 11.8 Å². The Morgan fingerprint density at radius 2 is 1.80 bits per heavy atom. The summed E-state index contributed by atoms with van der Waals surface area (Å²) in [6.45, 7) is 3.77. The lowest BCUT2D eigenvalue weighted by atomic mass is 10.1. The number of nitrogens with one attached hydrogen (secondary N) is 1. The zero-order chi connectivity index (χ0) is 22.0. The number of rotatable bonds is 5. The summed E-state index contributed by atoms with van der Waals surface area (Å²) in [7, 11) is 1.49. The molecule has 2 aromatic rings. The molecule has 0 bridgehead atoms. The fourth-order valence-corrected chi connectivity index (χ4v) is 3.50. The van der Waals surface area contributed by atoms with Gasteiger partial charge in [0.2, 0.25) is 0 Å². The van der Waals surface area contributed by atoms with Gasteiger partial charge in [-0.25, -0.2) is 9.69 Å². The topological polar surface area (TPSA) is 84.9 Å². The molecule has 1 heterocycles. The van der Waals surface area contributed by atoms with E-state index in [0.29, 0.717) is 32.2 Å². The molecule has 0 unspecified atom stereocenters. The summed E-state index contributed by atoms with van der Waals surface area (Å²) in [5, 5.41) is 2.64. The van der Waals surface area contributed by atoms with Crippen molar-refractivity contribution in [2.24, 2.45) is 0 Å². The number of anilines is 1. The van der Waals surface area contributed by atoms with Crippen LogP contribution >= 0.6 is 27.5 Å². The number of carbonyl (C=O) groups excluding carboxylic acids is 3. The third-order valence-electron chi connectivity index (χ3n) is 4.10. The SMILES string of the molecule is COc1cc(/C=C2\C(=O)NC(=O)N(c3ccc(Cl)cc3)C2=O)cc(Br)c1OC(C)C. The number of hydrogen-bond donors (Lipinski definition) is 1. The van der Waals surface area contributed by atoms with E-state index in [1.165, 1.54) is 25.3 Å². The van der Waals surface area contributed by atoms with Crippen LogP contribution in [0.3, 0.4) is 0 Å². The molecule has 1 aliphatic heterocycles. The number of amides is 4. The van der Waals surface area contributed by atoms with Gasteiger partial charge in [0, 0.05) is 5.02 Å². The molecule has 0 aromatic heterocycles. The largest absolute Gasteiger partial charge is 0.493 e. The molecule has 3 rings (SSSR count). The third-order valence-corrected chi connectivity index (χ3v) is 4.94. The fourth-order valence-electron chi connectivity index (χ4n) is 2.82. The van der Waals surface area contributed by atoms with E-state index in [9.17, 15) is 14.4 Å². The minimum Gasteiger partial charge on any atom is -0.493 e. The number of imide groups is 2. The summed E-state index contributed by atoms with van der Waals surface area (Å²) in [5.74, 6) is -0.595. The Balaban J connectivity index is 2.02. The van der Waals surface area contributed by atoms with E-state index in [-0.39, 0.29) is 11.7 Å². The summed E-state index contributed by atoms with van der Waals surface area (Å²) < 4.78 is 11.7. The first kappa shape index (κ1) is 21.9. The Hall–Kier alpha value is -2.84. The van der Waals surface area contributed by atoms with E-state index < -0.39 is 17.8 Å². The van der Waals surface area contributed by atoms with E-state index >= 15 is 0 Å². The molecular weight excluding hydrogens is 476 g/mol. The van der Waals surface area contributed by atoms with Crippen molar-refractivity contribution >= 4 is 57.1 Å². The van der Waals surface area contributed by atoms with Crippen LogP contribution in [0.15, 0.2) is 46.4 Å². The van der Waals surface area contributed by atoms with E-state index in [2.05, 4.69) is 21.2 Å². The first-order chi connectivity index (χ1) is 14.2. The van der Waals surface area contributed by atoms with E-state index in [0.717, 1.165) is 4.90 Å². The number of carbonyl (C=O) groups is 3. The number of barbiturate groups is 1. The molecule has 1 fully saturated rings. The van der Waals surface area contributed by atoms with Crippen LogP contribution in [0.5, 0.6) is 11.5 Å². The van der Waals surface area contributed by atoms with Crippen LogP contribution in [-0.2, 0) is 9.59 Å². The van der Waals surface area contributed by atoms with Crippen molar-refractivity contribution in [1.29, 1.82) is 0 Å². The molecule has 2 aromatic carbocycles. The summed E-state index contributed by atoms with van der Waals surface area (Å²) in [5.41, 5.74) is 0.606. The number of methoxy groups -OCH3 is 1. The predicted molar refractivity (Wildman–Crippen MR) is 117 cm³/mol. The van der Waals surface area contributed by atoms with Gasteiger partial charge in [0.1, 0.15) is 5.57 Å².